The first-order valence-electron chi connectivity index (χ1n) is 6.62. The molecule has 0 radical (unpaired) electrons. The van der Waals surface area contributed by atoms with Crippen molar-refractivity contribution in [2.75, 3.05) is 0 Å². The van der Waals surface area contributed by atoms with E-state index in [1.807, 2.05) is 27.1 Å². The fourth-order valence-electron chi connectivity index (χ4n) is 2.13. The number of nitrogens with zero attached hydrogens (tertiary/aromatic N) is 2. The maximum absolute atomic E-state index is 11.2. The van der Waals surface area contributed by atoms with Gasteiger partial charge in [0.2, 0.25) is 0 Å². The highest BCUT2D eigenvalue weighted by Crippen LogP contribution is 2.24. The molecule has 0 amide bonds. The van der Waals surface area contributed by atoms with E-state index in [1.54, 1.807) is 4.68 Å². The van der Waals surface area contributed by atoms with Crippen molar-refractivity contribution in [2.45, 2.75) is 52.6 Å². The van der Waals surface area contributed by atoms with E-state index in [1.165, 1.54) is 0 Å². The average molecular weight is 267 g/mol. The molecule has 1 aromatic heterocycles. The Labute approximate surface area is 115 Å². The van der Waals surface area contributed by atoms with Crippen molar-refractivity contribution >= 4 is 5.97 Å². The van der Waals surface area contributed by atoms with Gasteiger partial charge in [-0.05, 0) is 5.92 Å². The molecule has 1 atom stereocenters. The molecule has 0 fully saturated rings. The molecule has 0 saturated carbocycles. The monoisotopic (exact) mass is 267 g/mol. The summed E-state index contributed by atoms with van der Waals surface area (Å²) >= 11 is 0. The second-order valence-corrected chi connectivity index (χ2v) is 6.37. The van der Waals surface area contributed by atoms with Gasteiger partial charge in [0, 0.05) is 30.8 Å². The lowest BCUT2D eigenvalue weighted by Gasteiger charge is -2.20. The van der Waals surface area contributed by atoms with Gasteiger partial charge in [-0.2, -0.15) is 5.10 Å². The zero-order valence-electron chi connectivity index (χ0n) is 12.7. The number of hydrogen-bond acceptors (Lipinski definition) is 3. The van der Waals surface area contributed by atoms with Gasteiger partial charge in [-0.1, -0.05) is 34.6 Å². The molecule has 0 spiro atoms. The minimum absolute atomic E-state index is 0.0468. The first-order chi connectivity index (χ1) is 8.62. The summed E-state index contributed by atoms with van der Waals surface area (Å²) in [7, 11) is 1.88. The summed E-state index contributed by atoms with van der Waals surface area (Å²) in [6.45, 7) is 10.6. The van der Waals surface area contributed by atoms with Crippen molar-refractivity contribution < 1.29 is 9.90 Å². The van der Waals surface area contributed by atoms with Crippen LogP contribution in [0.25, 0.3) is 0 Å². The highest BCUT2D eigenvalue weighted by atomic mass is 16.4. The summed E-state index contributed by atoms with van der Waals surface area (Å²) in [5.74, 6) is -0.761. The molecular formula is C14H25N3O2. The zero-order valence-corrected chi connectivity index (χ0v) is 12.7. The molecule has 5 heteroatoms. The smallest absolute Gasteiger partial charge is 0.320 e. The molecule has 1 heterocycles. The third-order valence-electron chi connectivity index (χ3n) is 3.06. The molecule has 0 aliphatic heterocycles. The summed E-state index contributed by atoms with van der Waals surface area (Å²) in [6.07, 6.45) is 1.95. The van der Waals surface area contributed by atoms with Crippen molar-refractivity contribution in [1.29, 1.82) is 0 Å². The molecule has 1 unspecified atom stereocenters. The Bertz CT molecular complexity index is 444. The predicted molar refractivity (Wildman–Crippen MR) is 75.0 cm³/mol. The summed E-state index contributed by atoms with van der Waals surface area (Å²) in [6, 6.07) is -0.534. The summed E-state index contributed by atoms with van der Waals surface area (Å²) in [4.78, 5) is 11.2. The number of aryl methyl sites for hydroxylation is 1. The Balaban J connectivity index is 2.86. The minimum atomic E-state index is -0.809. The van der Waals surface area contributed by atoms with Gasteiger partial charge in [0.15, 0.2) is 0 Å². The number of rotatable bonds is 5. The second-order valence-electron chi connectivity index (χ2n) is 6.37. The maximum Gasteiger partial charge on any atom is 0.320 e. The second kappa shape index (κ2) is 5.74. The topological polar surface area (TPSA) is 67.2 Å². The van der Waals surface area contributed by atoms with Crippen LogP contribution in [0.15, 0.2) is 6.20 Å². The molecule has 1 rings (SSSR count). The van der Waals surface area contributed by atoms with Crippen LogP contribution in [0, 0.1) is 5.92 Å². The highest BCUT2D eigenvalue weighted by molar-refractivity contribution is 5.73. The minimum Gasteiger partial charge on any atom is -0.480 e. The van der Waals surface area contributed by atoms with Crippen LogP contribution >= 0.6 is 0 Å². The van der Waals surface area contributed by atoms with E-state index in [-0.39, 0.29) is 11.3 Å². The number of hydrogen-bond donors (Lipinski definition) is 2. The van der Waals surface area contributed by atoms with E-state index in [4.69, 9.17) is 0 Å². The van der Waals surface area contributed by atoms with E-state index in [0.717, 1.165) is 11.3 Å². The molecule has 0 aliphatic rings. The number of carboxylic acid groups (broad SMARTS) is 1. The van der Waals surface area contributed by atoms with Crippen LogP contribution in [0.4, 0.5) is 0 Å². The van der Waals surface area contributed by atoms with Gasteiger partial charge >= 0.3 is 5.97 Å². The van der Waals surface area contributed by atoms with Crippen LogP contribution < -0.4 is 5.32 Å². The Morgan fingerprint density at radius 2 is 2.05 bits per heavy atom. The maximum atomic E-state index is 11.2. The highest BCUT2D eigenvalue weighted by Gasteiger charge is 2.24. The van der Waals surface area contributed by atoms with E-state index < -0.39 is 12.0 Å². The SMILES string of the molecule is CC(C)C(NCc1cn(C)nc1C(C)(C)C)C(=O)O. The molecule has 1 aromatic rings. The van der Waals surface area contributed by atoms with Crippen molar-refractivity contribution in [3.63, 3.8) is 0 Å². The lowest BCUT2D eigenvalue weighted by Crippen LogP contribution is -2.40. The van der Waals surface area contributed by atoms with Crippen molar-refractivity contribution in [3.8, 4) is 0 Å². The molecular weight excluding hydrogens is 242 g/mol. The van der Waals surface area contributed by atoms with Gasteiger partial charge in [-0.25, -0.2) is 0 Å². The average Bonchev–Trinajstić information content (AvgIpc) is 2.58. The summed E-state index contributed by atoms with van der Waals surface area (Å²) < 4.78 is 1.78. The third kappa shape index (κ3) is 4.06. The van der Waals surface area contributed by atoms with Gasteiger partial charge in [0.1, 0.15) is 6.04 Å². The Morgan fingerprint density at radius 1 is 1.47 bits per heavy atom. The van der Waals surface area contributed by atoms with Crippen molar-refractivity contribution in [2.24, 2.45) is 13.0 Å². The lowest BCUT2D eigenvalue weighted by atomic mass is 9.89. The zero-order chi connectivity index (χ0) is 14.8. The Kier molecular flexibility index (Phi) is 4.74. The van der Waals surface area contributed by atoms with E-state index in [0.29, 0.717) is 6.54 Å². The van der Waals surface area contributed by atoms with Gasteiger partial charge in [0.25, 0.3) is 0 Å². The molecule has 0 aliphatic carbocycles. The Morgan fingerprint density at radius 3 is 2.47 bits per heavy atom. The number of carbonyl (C=O) groups is 1. The van der Waals surface area contributed by atoms with E-state index in [2.05, 4.69) is 31.2 Å². The number of nitrogens with one attached hydrogen (secondary N) is 1. The number of carboxylic acids is 1. The molecule has 0 aromatic carbocycles. The molecule has 0 bridgehead atoms. The third-order valence-corrected chi connectivity index (χ3v) is 3.06. The molecule has 108 valence electrons. The lowest BCUT2D eigenvalue weighted by molar-refractivity contribution is -0.140. The van der Waals surface area contributed by atoms with E-state index in [9.17, 15) is 9.90 Å². The molecule has 0 saturated heterocycles. The van der Waals surface area contributed by atoms with Gasteiger partial charge in [0.05, 0.1) is 5.69 Å². The molecule has 5 nitrogen and oxygen atoms in total. The fraction of sp³-hybridized carbons (Fsp3) is 0.714. The first kappa shape index (κ1) is 15.7. The largest absolute Gasteiger partial charge is 0.480 e. The Hall–Kier alpha value is -1.36. The van der Waals surface area contributed by atoms with Crippen molar-refractivity contribution in [3.05, 3.63) is 17.5 Å². The molecule has 19 heavy (non-hydrogen) atoms. The van der Waals surface area contributed by atoms with Crippen LogP contribution in [0.2, 0.25) is 0 Å². The molecule has 2 N–H and O–H groups in total. The standard InChI is InChI=1S/C14H25N3O2/c1-9(2)11(13(18)19)15-7-10-8-17(6)16-12(10)14(3,4)5/h8-9,11,15H,7H2,1-6H3,(H,18,19). The fourth-order valence-corrected chi connectivity index (χ4v) is 2.13. The quantitative estimate of drug-likeness (QED) is 0.855. The summed E-state index contributed by atoms with van der Waals surface area (Å²) in [5, 5.41) is 16.8. The predicted octanol–water partition coefficient (Wildman–Crippen LogP) is 1.92. The van der Waals surface area contributed by atoms with Crippen LogP contribution in [0.1, 0.15) is 45.9 Å². The van der Waals surface area contributed by atoms with Crippen LogP contribution in [-0.4, -0.2) is 26.9 Å². The number of aromatic nitrogens is 2. The van der Waals surface area contributed by atoms with Crippen molar-refractivity contribution in [1.82, 2.24) is 15.1 Å². The summed E-state index contributed by atoms with van der Waals surface area (Å²) in [5.41, 5.74) is 2.02. The van der Waals surface area contributed by atoms with Gasteiger partial charge < -0.3 is 5.11 Å². The van der Waals surface area contributed by atoms with E-state index >= 15 is 0 Å². The van der Waals surface area contributed by atoms with Gasteiger partial charge in [-0.15, -0.1) is 0 Å². The first-order valence-corrected chi connectivity index (χ1v) is 6.62. The van der Waals surface area contributed by atoms with Crippen LogP contribution in [0.5, 0.6) is 0 Å². The normalized spacial score (nSPS) is 13.8. The van der Waals surface area contributed by atoms with Crippen LogP contribution in [-0.2, 0) is 23.8 Å². The van der Waals surface area contributed by atoms with Gasteiger partial charge in [-0.3, -0.25) is 14.8 Å². The number of aliphatic carboxylic acids is 1. The van der Waals surface area contributed by atoms with Crippen LogP contribution in [0.3, 0.4) is 0 Å².